The van der Waals surface area contributed by atoms with Crippen LogP contribution in [-0.2, 0) is 4.79 Å². The van der Waals surface area contributed by atoms with Crippen molar-refractivity contribution in [3.05, 3.63) is 52.3 Å². The number of hydrogen-bond acceptors (Lipinski definition) is 6. The number of aryl methyl sites for hydroxylation is 1. The van der Waals surface area contributed by atoms with Crippen molar-refractivity contribution in [2.75, 3.05) is 11.9 Å². The lowest BCUT2D eigenvalue weighted by atomic mass is 10.2. The van der Waals surface area contributed by atoms with E-state index in [1.54, 1.807) is 46.9 Å². The standard InChI is InChI=1S/C19H13N3O2S2/c1-11-21-18-16(26-11)8-15(14-6-7-25-19(14)18)24-10-17(23)22-13-4-2-12(9-20)3-5-13/h2-8H,10H2,1H3,(H,22,23). The van der Waals surface area contributed by atoms with Gasteiger partial charge in [-0.15, -0.1) is 22.7 Å². The van der Waals surface area contributed by atoms with Crippen LogP contribution in [-0.4, -0.2) is 17.5 Å². The van der Waals surface area contributed by atoms with Gasteiger partial charge in [0.15, 0.2) is 6.61 Å². The first-order valence-corrected chi connectivity index (χ1v) is 9.54. The van der Waals surface area contributed by atoms with E-state index in [9.17, 15) is 4.79 Å². The minimum atomic E-state index is -0.251. The van der Waals surface area contributed by atoms with Crippen LogP contribution in [0.3, 0.4) is 0 Å². The maximum absolute atomic E-state index is 12.2. The van der Waals surface area contributed by atoms with Gasteiger partial charge >= 0.3 is 0 Å². The van der Waals surface area contributed by atoms with Gasteiger partial charge in [0, 0.05) is 17.1 Å². The predicted molar refractivity (Wildman–Crippen MR) is 105 cm³/mol. The molecular weight excluding hydrogens is 366 g/mol. The van der Waals surface area contributed by atoms with E-state index in [4.69, 9.17) is 10.00 Å². The zero-order valence-electron chi connectivity index (χ0n) is 13.8. The number of nitrogens with zero attached hydrogens (tertiary/aromatic N) is 2. The third-order valence-corrected chi connectivity index (χ3v) is 5.66. The molecule has 7 heteroatoms. The van der Waals surface area contributed by atoms with Gasteiger partial charge in [0.2, 0.25) is 0 Å². The van der Waals surface area contributed by atoms with Crippen LogP contribution in [0, 0.1) is 18.3 Å². The monoisotopic (exact) mass is 379 g/mol. The minimum Gasteiger partial charge on any atom is -0.483 e. The second-order valence-corrected chi connectivity index (χ2v) is 7.79. The van der Waals surface area contributed by atoms with Crippen LogP contribution < -0.4 is 10.1 Å². The summed E-state index contributed by atoms with van der Waals surface area (Å²) < 4.78 is 7.93. The summed E-state index contributed by atoms with van der Waals surface area (Å²) in [4.78, 5) is 16.8. The zero-order valence-corrected chi connectivity index (χ0v) is 15.4. The molecule has 0 bridgehead atoms. The third kappa shape index (κ3) is 3.12. The van der Waals surface area contributed by atoms with E-state index in [-0.39, 0.29) is 12.5 Å². The number of nitriles is 1. The summed E-state index contributed by atoms with van der Waals surface area (Å²) in [7, 11) is 0. The topological polar surface area (TPSA) is 75.0 Å². The number of thiazole rings is 1. The summed E-state index contributed by atoms with van der Waals surface area (Å²) in [6.45, 7) is 1.89. The highest BCUT2D eigenvalue weighted by atomic mass is 32.1. The Morgan fingerprint density at radius 1 is 1.31 bits per heavy atom. The molecule has 26 heavy (non-hydrogen) atoms. The second-order valence-electron chi connectivity index (χ2n) is 5.64. The number of nitrogens with one attached hydrogen (secondary N) is 1. The first-order chi connectivity index (χ1) is 12.6. The molecule has 0 saturated carbocycles. The van der Waals surface area contributed by atoms with E-state index in [0.29, 0.717) is 17.0 Å². The van der Waals surface area contributed by atoms with Gasteiger partial charge in [-0.3, -0.25) is 4.79 Å². The fraction of sp³-hybridized carbons (Fsp3) is 0.105. The highest BCUT2D eigenvalue weighted by molar-refractivity contribution is 7.21. The maximum Gasteiger partial charge on any atom is 0.262 e. The Labute approximate surface area is 157 Å². The number of amides is 1. The van der Waals surface area contributed by atoms with Crippen molar-refractivity contribution in [1.82, 2.24) is 4.98 Å². The molecule has 0 aliphatic rings. The van der Waals surface area contributed by atoms with Gasteiger partial charge in [0.05, 0.1) is 31.6 Å². The maximum atomic E-state index is 12.2. The van der Waals surface area contributed by atoms with Gasteiger partial charge in [0.25, 0.3) is 5.91 Å². The molecule has 0 aliphatic heterocycles. The van der Waals surface area contributed by atoms with Crippen LogP contribution in [0.25, 0.3) is 20.3 Å². The van der Waals surface area contributed by atoms with Gasteiger partial charge in [-0.2, -0.15) is 5.26 Å². The smallest absolute Gasteiger partial charge is 0.262 e. The molecular formula is C19H13N3O2S2. The Bertz CT molecular complexity index is 1150. The molecule has 2 aromatic carbocycles. The minimum absolute atomic E-state index is 0.0890. The van der Waals surface area contributed by atoms with E-state index >= 15 is 0 Å². The molecule has 0 aliphatic carbocycles. The molecule has 1 N–H and O–H groups in total. The molecule has 4 rings (SSSR count). The number of rotatable bonds is 4. The summed E-state index contributed by atoms with van der Waals surface area (Å²) in [5, 5.41) is 15.6. The van der Waals surface area contributed by atoms with Crippen molar-refractivity contribution in [3.63, 3.8) is 0 Å². The van der Waals surface area contributed by atoms with Gasteiger partial charge in [0.1, 0.15) is 5.75 Å². The van der Waals surface area contributed by atoms with Gasteiger partial charge < -0.3 is 10.1 Å². The molecule has 2 aromatic heterocycles. The summed E-state index contributed by atoms with van der Waals surface area (Å²) in [5.41, 5.74) is 2.17. The average Bonchev–Trinajstić information content (AvgIpc) is 3.26. The van der Waals surface area contributed by atoms with Crippen molar-refractivity contribution in [3.8, 4) is 11.8 Å². The molecule has 128 valence electrons. The normalized spacial score (nSPS) is 10.8. The zero-order chi connectivity index (χ0) is 18.1. The first kappa shape index (κ1) is 16.5. The van der Waals surface area contributed by atoms with E-state index in [0.717, 1.165) is 25.3 Å². The number of thiophene rings is 1. The number of carbonyl (C=O) groups excluding carboxylic acids is 1. The lowest BCUT2D eigenvalue weighted by molar-refractivity contribution is -0.118. The van der Waals surface area contributed by atoms with Crippen molar-refractivity contribution in [2.24, 2.45) is 0 Å². The quantitative estimate of drug-likeness (QED) is 0.557. The number of aromatic nitrogens is 1. The number of hydrogen-bond donors (Lipinski definition) is 1. The van der Waals surface area contributed by atoms with Crippen LogP contribution >= 0.6 is 22.7 Å². The number of ether oxygens (including phenoxy) is 1. The van der Waals surface area contributed by atoms with E-state index < -0.39 is 0 Å². The Balaban J connectivity index is 1.52. The van der Waals surface area contributed by atoms with E-state index in [1.807, 2.05) is 30.5 Å². The molecule has 5 nitrogen and oxygen atoms in total. The number of carbonyl (C=O) groups is 1. The molecule has 2 heterocycles. The van der Waals surface area contributed by atoms with E-state index in [2.05, 4.69) is 10.3 Å². The molecule has 0 saturated heterocycles. The van der Waals surface area contributed by atoms with Crippen LogP contribution in [0.4, 0.5) is 5.69 Å². The summed E-state index contributed by atoms with van der Waals surface area (Å²) >= 11 is 3.24. The Kier molecular flexibility index (Phi) is 4.29. The lowest BCUT2D eigenvalue weighted by Gasteiger charge is -2.09. The van der Waals surface area contributed by atoms with Gasteiger partial charge in [-0.1, -0.05) is 0 Å². The highest BCUT2D eigenvalue weighted by Gasteiger charge is 2.13. The molecule has 0 unspecified atom stereocenters. The summed E-state index contributed by atoms with van der Waals surface area (Å²) in [6.07, 6.45) is 0. The largest absolute Gasteiger partial charge is 0.483 e. The molecule has 0 radical (unpaired) electrons. The van der Waals surface area contributed by atoms with Crippen molar-refractivity contribution in [2.45, 2.75) is 6.92 Å². The fourth-order valence-electron chi connectivity index (χ4n) is 2.67. The van der Waals surface area contributed by atoms with Crippen LogP contribution in [0.2, 0.25) is 0 Å². The molecule has 4 aromatic rings. The Hall–Kier alpha value is -2.95. The van der Waals surface area contributed by atoms with Crippen molar-refractivity contribution >= 4 is 54.6 Å². The number of anilines is 1. The van der Waals surface area contributed by atoms with Crippen molar-refractivity contribution in [1.29, 1.82) is 5.26 Å². The molecule has 1 amide bonds. The highest BCUT2D eigenvalue weighted by Crippen LogP contribution is 2.38. The van der Waals surface area contributed by atoms with Crippen LogP contribution in [0.1, 0.15) is 10.6 Å². The first-order valence-electron chi connectivity index (χ1n) is 7.84. The summed E-state index contributed by atoms with van der Waals surface area (Å²) in [5.74, 6) is 0.436. The Morgan fingerprint density at radius 2 is 2.12 bits per heavy atom. The molecule has 0 spiro atoms. The molecule has 0 fully saturated rings. The lowest BCUT2D eigenvalue weighted by Crippen LogP contribution is -2.20. The average molecular weight is 379 g/mol. The number of benzene rings is 2. The van der Waals surface area contributed by atoms with Gasteiger partial charge in [-0.25, -0.2) is 4.98 Å². The fourth-order valence-corrected chi connectivity index (χ4v) is 4.51. The SMILES string of the molecule is Cc1nc2c(cc(OCC(=O)Nc3ccc(C#N)cc3)c3ccsc32)s1. The molecule has 0 atom stereocenters. The van der Waals surface area contributed by atoms with E-state index in [1.165, 1.54) is 0 Å². The third-order valence-electron chi connectivity index (χ3n) is 3.82. The van der Waals surface area contributed by atoms with Gasteiger partial charge in [-0.05, 0) is 42.6 Å². The van der Waals surface area contributed by atoms with Crippen LogP contribution in [0.15, 0.2) is 41.8 Å². The van der Waals surface area contributed by atoms with Crippen molar-refractivity contribution < 1.29 is 9.53 Å². The number of fused-ring (bicyclic) bond motifs is 3. The Morgan fingerprint density at radius 3 is 2.88 bits per heavy atom. The second kappa shape index (κ2) is 6.75. The predicted octanol–water partition coefficient (Wildman–Crippen LogP) is 4.71. The summed E-state index contributed by atoms with van der Waals surface area (Å²) in [6, 6.07) is 12.7. The van der Waals surface area contributed by atoms with Crippen LogP contribution in [0.5, 0.6) is 5.75 Å².